The van der Waals surface area contributed by atoms with E-state index in [0.29, 0.717) is 18.8 Å². The molecule has 0 spiro atoms. The molecule has 1 aromatic heterocycles. The van der Waals surface area contributed by atoms with Gasteiger partial charge in [-0.05, 0) is 17.7 Å². The Labute approximate surface area is 147 Å². The van der Waals surface area contributed by atoms with Gasteiger partial charge in [0.1, 0.15) is 11.7 Å². The van der Waals surface area contributed by atoms with Crippen molar-refractivity contribution in [3.05, 3.63) is 48.2 Å². The van der Waals surface area contributed by atoms with Gasteiger partial charge in [-0.15, -0.1) is 0 Å². The number of benzene rings is 1. The van der Waals surface area contributed by atoms with Crippen LogP contribution in [0, 0.1) is 0 Å². The normalized spacial score (nSPS) is 21.3. The molecule has 2 aliphatic heterocycles. The third kappa shape index (κ3) is 2.93. The number of nitrogens with zero attached hydrogens (tertiary/aromatic N) is 3. The Bertz CT molecular complexity index is 786. The van der Waals surface area contributed by atoms with Crippen LogP contribution in [-0.4, -0.2) is 77.3 Å². The number of aromatic amines is 1. The van der Waals surface area contributed by atoms with Gasteiger partial charge in [0.25, 0.3) is 5.91 Å². The standard InChI is InChI=1S/C19H22N4O2/c1-21-9-10-22-11-12-23(13-17(22)19(21)25)18(24)16-8-7-15(20-16)14-5-3-2-4-6-14/h2-8,17,20H,9-13H2,1H3. The number of piperazine rings is 2. The summed E-state index contributed by atoms with van der Waals surface area (Å²) >= 11 is 0. The molecule has 2 saturated heterocycles. The fraction of sp³-hybridized carbons (Fsp3) is 0.368. The first-order valence-corrected chi connectivity index (χ1v) is 8.66. The molecular weight excluding hydrogens is 316 g/mol. The molecule has 0 aliphatic carbocycles. The minimum absolute atomic E-state index is 0.0390. The van der Waals surface area contributed by atoms with Crippen LogP contribution in [0.25, 0.3) is 11.3 Å². The summed E-state index contributed by atoms with van der Waals surface area (Å²) in [5.41, 5.74) is 2.55. The average Bonchev–Trinajstić information content (AvgIpc) is 3.15. The predicted octanol–water partition coefficient (Wildman–Crippen LogP) is 1.28. The van der Waals surface area contributed by atoms with Gasteiger partial charge in [-0.3, -0.25) is 14.5 Å². The highest BCUT2D eigenvalue weighted by molar-refractivity contribution is 5.94. The summed E-state index contributed by atoms with van der Waals surface area (Å²) in [5, 5.41) is 0. The number of rotatable bonds is 2. The molecule has 130 valence electrons. The molecule has 1 N–H and O–H groups in total. The van der Waals surface area contributed by atoms with Gasteiger partial charge in [0, 0.05) is 45.5 Å². The third-order valence-corrected chi connectivity index (χ3v) is 5.16. The van der Waals surface area contributed by atoms with E-state index in [4.69, 9.17) is 0 Å². The van der Waals surface area contributed by atoms with Gasteiger partial charge < -0.3 is 14.8 Å². The first kappa shape index (κ1) is 15.9. The molecule has 4 rings (SSSR count). The molecule has 25 heavy (non-hydrogen) atoms. The molecule has 6 heteroatoms. The number of aromatic nitrogens is 1. The predicted molar refractivity (Wildman–Crippen MR) is 95.1 cm³/mol. The van der Waals surface area contributed by atoms with Gasteiger partial charge in [-0.2, -0.15) is 0 Å². The number of likely N-dealkylation sites (N-methyl/N-ethyl adjacent to an activating group) is 1. The maximum atomic E-state index is 12.9. The fourth-order valence-corrected chi connectivity index (χ4v) is 3.63. The number of H-pyrrole nitrogens is 1. The molecule has 2 aliphatic rings. The van der Waals surface area contributed by atoms with Gasteiger partial charge in [0.2, 0.25) is 5.91 Å². The number of amides is 2. The second kappa shape index (κ2) is 6.37. The molecule has 2 fully saturated rings. The lowest BCUT2D eigenvalue weighted by Crippen LogP contribution is -2.64. The van der Waals surface area contributed by atoms with E-state index in [1.807, 2.05) is 49.5 Å². The van der Waals surface area contributed by atoms with E-state index in [1.54, 1.807) is 9.80 Å². The van der Waals surface area contributed by atoms with Crippen molar-refractivity contribution in [1.82, 2.24) is 19.7 Å². The SMILES string of the molecule is CN1CCN2CCN(C(=O)c3ccc(-c4ccccc4)[nH]3)CC2C1=O. The van der Waals surface area contributed by atoms with Crippen LogP contribution in [0.3, 0.4) is 0 Å². The molecule has 2 amide bonds. The lowest BCUT2D eigenvalue weighted by atomic mass is 10.1. The van der Waals surface area contributed by atoms with Gasteiger partial charge in [0.15, 0.2) is 0 Å². The number of fused-ring (bicyclic) bond motifs is 1. The van der Waals surface area contributed by atoms with Crippen molar-refractivity contribution in [3.8, 4) is 11.3 Å². The number of carbonyl (C=O) groups excluding carboxylic acids is 2. The van der Waals surface area contributed by atoms with E-state index in [0.717, 1.165) is 30.9 Å². The summed E-state index contributed by atoms with van der Waals surface area (Å²) < 4.78 is 0. The van der Waals surface area contributed by atoms with Crippen LogP contribution in [0.5, 0.6) is 0 Å². The fourth-order valence-electron chi connectivity index (χ4n) is 3.63. The Kier molecular flexibility index (Phi) is 4.05. The van der Waals surface area contributed by atoms with Crippen molar-refractivity contribution in [1.29, 1.82) is 0 Å². The molecule has 1 atom stereocenters. The van der Waals surface area contributed by atoms with Gasteiger partial charge in [0.05, 0.1) is 0 Å². The van der Waals surface area contributed by atoms with E-state index in [1.165, 1.54) is 0 Å². The Balaban J connectivity index is 1.50. The first-order chi connectivity index (χ1) is 12.1. The molecule has 6 nitrogen and oxygen atoms in total. The van der Waals surface area contributed by atoms with E-state index >= 15 is 0 Å². The van der Waals surface area contributed by atoms with Crippen molar-refractivity contribution < 1.29 is 9.59 Å². The number of carbonyl (C=O) groups is 2. The minimum atomic E-state index is -0.208. The largest absolute Gasteiger partial charge is 0.351 e. The Morgan fingerprint density at radius 1 is 1.04 bits per heavy atom. The summed E-state index contributed by atoms with van der Waals surface area (Å²) in [6.45, 7) is 3.52. The van der Waals surface area contributed by atoms with E-state index in [-0.39, 0.29) is 17.9 Å². The van der Waals surface area contributed by atoms with Crippen molar-refractivity contribution in [2.24, 2.45) is 0 Å². The van der Waals surface area contributed by atoms with Crippen LogP contribution < -0.4 is 0 Å². The highest BCUT2D eigenvalue weighted by Crippen LogP contribution is 2.21. The number of hydrogen-bond acceptors (Lipinski definition) is 3. The lowest BCUT2D eigenvalue weighted by molar-refractivity contribution is -0.142. The molecule has 0 saturated carbocycles. The second-order valence-electron chi connectivity index (χ2n) is 6.71. The highest BCUT2D eigenvalue weighted by atomic mass is 16.2. The van der Waals surface area contributed by atoms with Crippen LogP contribution in [-0.2, 0) is 4.79 Å². The average molecular weight is 338 g/mol. The Hall–Kier alpha value is -2.60. The summed E-state index contributed by atoms with van der Waals surface area (Å²) in [6.07, 6.45) is 0. The maximum absolute atomic E-state index is 12.9. The molecule has 0 radical (unpaired) electrons. The van der Waals surface area contributed by atoms with Crippen LogP contribution >= 0.6 is 0 Å². The smallest absolute Gasteiger partial charge is 0.270 e. The van der Waals surface area contributed by atoms with Crippen molar-refractivity contribution in [2.75, 3.05) is 39.8 Å². The molecule has 0 bridgehead atoms. The topological polar surface area (TPSA) is 59.6 Å². The van der Waals surface area contributed by atoms with Gasteiger partial charge in [-0.1, -0.05) is 30.3 Å². The van der Waals surface area contributed by atoms with Crippen LogP contribution in [0.15, 0.2) is 42.5 Å². The summed E-state index contributed by atoms with van der Waals surface area (Å²) in [4.78, 5) is 34.2. The zero-order valence-electron chi connectivity index (χ0n) is 14.3. The lowest BCUT2D eigenvalue weighted by Gasteiger charge is -2.45. The van der Waals surface area contributed by atoms with Gasteiger partial charge >= 0.3 is 0 Å². The zero-order valence-corrected chi connectivity index (χ0v) is 14.3. The molecule has 1 unspecified atom stereocenters. The highest BCUT2D eigenvalue weighted by Gasteiger charge is 2.38. The van der Waals surface area contributed by atoms with Gasteiger partial charge in [-0.25, -0.2) is 0 Å². The molecular formula is C19H22N4O2. The quantitative estimate of drug-likeness (QED) is 0.897. The van der Waals surface area contributed by atoms with E-state index in [9.17, 15) is 9.59 Å². The number of hydrogen-bond donors (Lipinski definition) is 1. The third-order valence-electron chi connectivity index (χ3n) is 5.16. The number of nitrogens with one attached hydrogen (secondary N) is 1. The Morgan fingerprint density at radius 2 is 1.80 bits per heavy atom. The minimum Gasteiger partial charge on any atom is -0.351 e. The Morgan fingerprint density at radius 3 is 2.60 bits per heavy atom. The molecule has 2 aromatic rings. The van der Waals surface area contributed by atoms with Crippen LogP contribution in [0.1, 0.15) is 10.5 Å². The van der Waals surface area contributed by atoms with Crippen LogP contribution in [0.4, 0.5) is 0 Å². The van der Waals surface area contributed by atoms with E-state index < -0.39 is 0 Å². The van der Waals surface area contributed by atoms with Crippen molar-refractivity contribution in [2.45, 2.75) is 6.04 Å². The zero-order chi connectivity index (χ0) is 17.4. The van der Waals surface area contributed by atoms with Crippen molar-refractivity contribution >= 4 is 11.8 Å². The maximum Gasteiger partial charge on any atom is 0.270 e. The molecule has 1 aromatic carbocycles. The second-order valence-corrected chi connectivity index (χ2v) is 6.71. The van der Waals surface area contributed by atoms with Crippen molar-refractivity contribution in [3.63, 3.8) is 0 Å². The first-order valence-electron chi connectivity index (χ1n) is 8.66. The monoisotopic (exact) mass is 338 g/mol. The summed E-state index contributed by atoms with van der Waals surface area (Å²) in [5.74, 6) is 0.0723. The summed E-state index contributed by atoms with van der Waals surface area (Å²) in [7, 11) is 1.83. The summed E-state index contributed by atoms with van der Waals surface area (Å²) in [6, 6.07) is 13.5. The molecule has 3 heterocycles. The van der Waals surface area contributed by atoms with Crippen LogP contribution in [0.2, 0.25) is 0 Å². The van der Waals surface area contributed by atoms with E-state index in [2.05, 4.69) is 9.88 Å².